The maximum atomic E-state index is 12.7. The van der Waals surface area contributed by atoms with Crippen LogP contribution in [0.25, 0.3) is 11.1 Å². The Labute approximate surface area is 130 Å². The van der Waals surface area contributed by atoms with Gasteiger partial charge >= 0.3 is 0 Å². The molecule has 2 aromatic rings. The van der Waals surface area contributed by atoms with Gasteiger partial charge in [-0.3, -0.25) is 0 Å². The molecule has 0 aliphatic carbocycles. The molecule has 2 N–H and O–H groups in total. The van der Waals surface area contributed by atoms with Crippen molar-refractivity contribution in [1.82, 2.24) is 14.4 Å². The van der Waals surface area contributed by atoms with Crippen molar-refractivity contribution in [1.29, 1.82) is 0 Å². The van der Waals surface area contributed by atoms with E-state index in [1.54, 1.807) is 13.1 Å². The summed E-state index contributed by atoms with van der Waals surface area (Å²) in [6, 6.07) is 1.57. The van der Waals surface area contributed by atoms with Gasteiger partial charge in [0.05, 0.1) is 17.3 Å². The van der Waals surface area contributed by atoms with Gasteiger partial charge in [-0.1, -0.05) is 25.9 Å². The average Bonchev–Trinajstić information content (AvgIpc) is 2.88. The zero-order valence-electron chi connectivity index (χ0n) is 13.3. The second-order valence-corrected chi connectivity index (χ2v) is 8.18. The maximum absolute atomic E-state index is 12.7. The Morgan fingerprint density at radius 1 is 1.41 bits per heavy atom. The molecular weight excluding hydrogens is 304 g/mol. The van der Waals surface area contributed by atoms with Gasteiger partial charge in [0.25, 0.3) is 5.71 Å². The third kappa shape index (κ3) is 3.13. The quantitative estimate of drug-likeness (QED) is 0.860. The molecule has 8 heteroatoms. The number of aromatic nitrogens is 2. The molecule has 2 heterocycles. The molecule has 0 aromatic carbocycles. The van der Waals surface area contributed by atoms with E-state index in [2.05, 4.69) is 10.1 Å². The van der Waals surface area contributed by atoms with E-state index >= 15 is 0 Å². The molecule has 2 aromatic heterocycles. The topological polar surface area (TPSA) is 102 Å². The lowest BCUT2D eigenvalue weighted by atomic mass is 9.94. The van der Waals surface area contributed by atoms with Gasteiger partial charge < -0.3 is 10.3 Å². The summed E-state index contributed by atoms with van der Waals surface area (Å²) in [6.45, 7) is 6.50. The minimum atomic E-state index is -3.63. The summed E-state index contributed by atoms with van der Waals surface area (Å²) in [6.07, 6.45) is 1.95. The number of hydrogen-bond donors (Lipinski definition) is 1. The lowest BCUT2D eigenvalue weighted by molar-refractivity contribution is 0.292. The molecule has 0 radical (unpaired) electrons. The molecule has 0 aliphatic heterocycles. The van der Waals surface area contributed by atoms with Gasteiger partial charge in [-0.25, -0.2) is 17.7 Å². The van der Waals surface area contributed by atoms with Crippen LogP contribution in [-0.2, 0) is 16.4 Å². The largest absolute Gasteiger partial charge is 0.336 e. The smallest absolute Gasteiger partial charge is 0.258 e. The van der Waals surface area contributed by atoms with E-state index < -0.39 is 10.0 Å². The number of aryl methyl sites for hydroxylation is 1. The highest BCUT2D eigenvalue weighted by molar-refractivity contribution is 7.89. The molecule has 0 unspecified atom stereocenters. The fourth-order valence-electron chi connectivity index (χ4n) is 2.19. The highest BCUT2D eigenvalue weighted by Crippen LogP contribution is 2.24. The summed E-state index contributed by atoms with van der Waals surface area (Å²) in [5.41, 5.74) is 6.43. The van der Waals surface area contributed by atoms with Crippen LogP contribution in [0.15, 0.2) is 21.7 Å². The van der Waals surface area contributed by atoms with Crippen LogP contribution in [0.4, 0.5) is 0 Å². The Morgan fingerprint density at radius 2 is 2.09 bits per heavy atom. The van der Waals surface area contributed by atoms with Gasteiger partial charge in [-0.05, 0) is 24.4 Å². The molecule has 22 heavy (non-hydrogen) atoms. The van der Waals surface area contributed by atoms with E-state index in [9.17, 15) is 8.42 Å². The Hall–Kier alpha value is -1.51. The average molecular weight is 326 g/mol. The van der Waals surface area contributed by atoms with Gasteiger partial charge in [-0.15, -0.1) is 0 Å². The zero-order chi connectivity index (χ0) is 16.5. The van der Waals surface area contributed by atoms with E-state index in [0.29, 0.717) is 36.3 Å². The molecule has 0 saturated heterocycles. The molecule has 0 bridgehead atoms. The van der Waals surface area contributed by atoms with E-state index in [1.165, 1.54) is 10.5 Å². The van der Waals surface area contributed by atoms with Gasteiger partial charge in [0.15, 0.2) is 0 Å². The van der Waals surface area contributed by atoms with Crippen molar-refractivity contribution in [2.75, 3.05) is 20.1 Å². The van der Waals surface area contributed by atoms with Crippen molar-refractivity contribution in [2.45, 2.75) is 32.1 Å². The Kier molecular flexibility index (Phi) is 4.55. The van der Waals surface area contributed by atoms with Crippen LogP contribution < -0.4 is 5.73 Å². The molecule has 0 atom stereocenters. The predicted octanol–water partition coefficient (Wildman–Crippen LogP) is 1.39. The third-order valence-electron chi connectivity index (χ3n) is 3.63. The molecule has 0 fully saturated rings. The van der Waals surface area contributed by atoms with Crippen molar-refractivity contribution < 1.29 is 12.9 Å². The second-order valence-electron chi connectivity index (χ2n) is 6.14. The molecule has 7 nitrogen and oxygen atoms in total. The summed E-state index contributed by atoms with van der Waals surface area (Å²) in [5, 5.41) is 4.53. The first-order valence-electron chi connectivity index (χ1n) is 7.12. The van der Waals surface area contributed by atoms with Crippen molar-refractivity contribution in [3.8, 4) is 0 Å². The molecule has 0 spiro atoms. The first kappa shape index (κ1) is 16.9. The predicted molar refractivity (Wildman–Crippen MR) is 83.8 cm³/mol. The van der Waals surface area contributed by atoms with Crippen LogP contribution >= 0.6 is 0 Å². The first-order valence-corrected chi connectivity index (χ1v) is 8.56. The van der Waals surface area contributed by atoms with Crippen LogP contribution in [0.5, 0.6) is 0 Å². The number of nitrogens with two attached hydrogens (primary N) is 1. The van der Waals surface area contributed by atoms with Crippen LogP contribution in [0.3, 0.4) is 0 Å². The van der Waals surface area contributed by atoms with Crippen molar-refractivity contribution in [3.63, 3.8) is 0 Å². The highest BCUT2D eigenvalue weighted by atomic mass is 32.2. The lowest BCUT2D eigenvalue weighted by Crippen LogP contribution is -2.39. The monoisotopic (exact) mass is 326 g/mol. The van der Waals surface area contributed by atoms with Gasteiger partial charge in [0.2, 0.25) is 10.0 Å². The summed E-state index contributed by atoms with van der Waals surface area (Å²) in [7, 11) is -2.08. The Bertz CT molecular complexity index is 767. The minimum Gasteiger partial charge on any atom is -0.336 e. The van der Waals surface area contributed by atoms with Crippen molar-refractivity contribution in [3.05, 3.63) is 18.0 Å². The summed E-state index contributed by atoms with van der Waals surface area (Å²) in [4.78, 5) is 4.19. The third-order valence-corrected chi connectivity index (χ3v) is 5.39. The summed E-state index contributed by atoms with van der Waals surface area (Å²) >= 11 is 0. The van der Waals surface area contributed by atoms with Crippen LogP contribution in [0.1, 0.15) is 26.5 Å². The number of nitrogens with zero attached hydrogens (tertiary/aromatic N) is 3. The summed E-state index contributed by atoms with van der Waals surface area (Å²) in [5.74, 6) is 0. The fraction of sp³-hybridized carbons (Fsp3) is 0.571. The van der Waals surface area contributed by atoms with Crippen molar-refractivity contribution in [2.24, 2.45) is 11.1 Å². The maximum Gasteiger partial charge on any atom is 0.258 e. The molecule has 2 rings (SSSR count). The van der Waals surface area contributed by atoms with Gasteiger partial charge in [0, 0.05) is 13.6 Å². The zero-order valence-corrected chi connectivity index (χ0v) is 14.1. The van der Waals surface area contributed by atoms with E-state index in [1.807, 2.05) is 20.8 Å². The second kappa shape index (κ2) is 5.94. The number of sulfonamides is 1. The van der Waals surface area contributed by atoms with E-state index in [4.69, 9.17) is 10.3 Å². The lowest BCUT2D eigenvalue weighted by Gasteiger charge is -2.28. The van der Waals surface area contributed by atoms with Crippen LogP contribution in [0, 0.1) is 5.41 Å². The molecule has 122 valence electrons. The molecule has 0 saturated carbocycles. The number of fused-ring (bicyclic) bond motifs is 1. The number of rotatable bonds is 6. The molecule has 0 amide bonds. The number of hydrogen-bond acceptors (Lipinski definition) is 6. The van der Waals surface area contributed by atoms with E-state index in [0.717, 1.165) is 0 Å². The van der Waals surface area contributed by atoms with E-state index in [-0.39, 0.29) is 10.3 Å². The minimum absolute atomic E-state index is 0.133. The Morgan fingerprint density at radius 3 is 2.68 bits per heavy atom. The van der Waals surface area contributed by atoms with Crippen LogP contribution in [0.2, 0.25) is 0 Å². The summed E-state index contributed by atoms with van der Waals surface area (Å²) < 4.78 is 31.8. The van der Waals surface area contributed by atoms with Crippen LogP contribution in [-0.4, -0.2) is 43.0 Å². The van der Waals surface area contributed by atoms with Gasteiger partial charge in [-0.2, -0.15) is 0 Å². The molecule has 0 aliphatic rings. The van der Waals surface area contributed by atoms with Crippen molar-refractivity contribution >= 4 is 21.1 Å². The molecular formula is C14H22N4O3S. The fourth-order valence-corrected chi connectivity index (χ4v) is 3.52. The standard InChI is InChI=1S/C14H22N4O3S/c1-5-12-11-6-10(7-16-13(11)21-17-12)22(19,20)18(4)9-14(2,3)8-15/h6-7H,5,8-9,15H2,1-4H3. The first-order chi connectivity index (χ1) is 10.2. The normalized spacial score (nSPS) is 13.2. The van der Waals surface area contributed by atoms with Gasteiger partial charge in [0.1, 0.15) is 4.90 Å². The SMILES string of the molecule is CCc1noc2ncc(S(=O)(=O)N(C)CC(C)(C)CN)cc12. The Balaban J connectivity index is 2.40. The number of pyridine rings is 1. The highest BCUT2D eigenvalue weighted by Gasteiger charge is 2.28.